The predicted octanol–water partition coefficient (Wildman–Crippen LogP) is 2.52. The van der Waals surface area contributed by atoms with E-state index >= 15 is 0 Å². The summed E-state index contributed by atoms with van der Waals surface area (Å²) in [7, 11) is 0. The molecule has 0 saturated heterocycles. The van der Waals surface area contributed by atoms with Gasteiger partial charge in [0.25, 0.3) is 5.91 Å². The summed E-state index contributed by atoms with van der Waals surface area (Å²) in [4.78, 5) is 18.1. The van der Waals surface area contributed by atoms with Gasteiger partial charge in [0.1, 0.15) is 0 Å². The lowest BCUT2D eigenvalue weighted by Crippen LogP contribution is -2.30. The first-order valence-electron chi connectivity index (χ1n) is 6.74. The van der Waals surface area contributed by atoms with Crippen molar-refractivity contribution in [1.82, 2.24) is 15.0 Å². The van der Waals surface area contributed by atoms with Gasteiger partial charge in [0.15, 0.2) is 11.6 Å². The van der Waals surface area contributed by atoms with Gasteiger partial charge in [0.05, 0.1) is 12.8 Å². The summed E-state index contributed by atoms with van der Waals surface area (Å²) in [6, 6.07) is 3.33. The Balaban J connectivity index is 2.03. The maximum atomic E-state index is 12.2. The minimum atomic E-state index is -0.173. The molecule has 0 fully saturated rings. The second kappa shape index (κ2) is 6.36. The number of furan rings is 1. The van der Waals surface area contributed by atoms with E-state index in [9.17, 15) is 4.79 Å². The van der Waals surface area contributed by atoms with E-state index in [2.05, 4.69) is 24.0 Å². The van der Waals surface area contributed by atoms with E-state index in [4.69, 9.17) is 8.94 Å². The molecule has 0 saturated carbocycles. The lowest BCUT2D eigenvalue weighted by molar-refractivity contribution is 0.0715. The van der Waals surface area contributed by atoms with Crippen LogP contribution in [0, 0.1) is 5.92 Å². The van der Waals surface area contributed by atoms with E-state index in [0.717, 1.165) is 6.42 Å². The molecule has 2 rings (SSSR count). The van der Waals surface area contributed by atoms with Crippen molar-refractivity contribution in [3.05, 3.63) is 35.9 Å². The van der Waals surface area contributed by atoms with E-state index < -0.39 is 0 Å². The topological polar surface area (TPSA) is 72.4 Å². The quantitative estimate of drug-likeness (QED) is 0.811. The molecule has 2 aromatic heterocycles. The van der Waals surface area contributed by atoms with E-state index in [-0.39, 0.29) is 5.91 Å². The molecule has 108 valence electrons. The third-order valence-corrected chi connectivity index (χ3v) is 2.83. The van der Waals surface area contributed by atoms with Crippen molar-refractivity contribution in [3.8, 4) is 0 Å². The molecule has 0 N–H and O–H groups in total. The molecule has 0 aliphatic carbocycles. The molecule has 6 nitrogen and oxygen atoms in total. The number of rotatable bonds is 6. The fourth-order valence-corrected chi connectivity index (χ4v) is 1.84. The summed E-state index contributed by atoms with van der Waals surface area (Å²) < 4.78 is 10.3. The average molecular weight is 277 g/mol. The number of hydrogen-bond acceptors (Lipinski definition) is 5. The first-order valence-corrected chi connectivity index (χ1v) is 6.74. The van der Waals surface area contributed by atoms with Crippen LogP contribution in [0.5, 0.6) is 0 Å². The Bertz CT molecular complexity index is 546. The molecule has 2 aromatic rings. The first kappa shape index (κ1) is 14.3. The van der Waals surface area contributed by atoms with Crippen LogP contribution >= 0.6 is 0 Å². The van der Waals surface area contributed by atoms with Crippen LogP contribution in [0.4, 0.5) is 0 Å². The standard InChI is InChI=1S/C14H19N3O3/c1-4-17(14(18)11-6-5-7-19-11)9-12-15-13(20-16-12)8-10(2)3/h5-7,10H,4,8-9H2,1-3H3. The summed E-state index contributed by atoms with van der Waals surface area (Å²) >= 11 is 0. The molecule has 0 aliphatic heterocycles. The van der Waals surface area contributed by atoms with Crippen molar-refractivity contribution >= 4 is 5.91 Å². The highest BCUT2D eigenvalue weighted by Gasteiger charge is 2.19. The molecule has 2 heterocycles. The highest BCUT2D eigenvalue weighted by molar-refractivity contribution is 5.91. The normalized spacial score (nSPS) is 11.0. The molecule has 6 heteroatoms. The minimum Gasteiger partial charge on any atom is -0.459 e. The highest BCUT2D eigenvalue weighted by atomic mass is 16.5. The number of aromatic nitrogens is 2. The molecule has 20 heavy (non-hydrogen) atoms. The van der Waals surface area contributed by atoms with Gasteiger partial charge in [-0.15, -0.1) is 0 Å². The molecule has 0 unspecified atom stereocenters. The smallest absolute Gasteiger partial charge is 0.289 e. The monoisotopic (exact) mass is 277 g/mol. The van der Waals surface area contributed by atoms with E-state index in [1.54, 1.807) is 17.0 Å². The Morgan fingerprint density at radius 1 is 1.45 bits per heavy atom. The summed E-state index contributed by atoms with van der Waals surface area (Å²) in [5.74, 6) is 1.72. The van der Waals surface area contributed by atoms with Gasteiger partial charge >= 0.3 is 0 Å². The predicted molar refractivity (Wildman–Crippen MR) is 72.0 cm³/mol. The van der Waals surface area contributed by atoms with Gasteiger partial charge in [0, 0.05) is 13.0 Å². The van der Waals surface area contributed by atoms with Crippen molar-refractivity contribution in [2.24, 2.45) is 5.92 Å². The molecule has 0 aliphatic rings. The molecule has 0 spiro atoms. The van der Waals surface area contributed by atoms with E-state index in [0.29, 0.717) is 36.5 Å². The van der Waals surface area contributed by atoms with Crippen molar-refractivity contribution < 1.29 is 13.7 Å². The van der Waals surface area contributed by atoms with Gasteiger partial charge in [-0.25, -0.2) is 0 Å². The van der Waals surface area contributed by atoms with Crippen LogP contribution in [-0.4, -0.2) is 27.5 Å². The molecule has 0 aromatic carbocycles. The largest absolute Gasteiger partial charge is 0.459 e. The maximum Gasteiger partial charge on any atom is 0.289 e. The van der Waals surface area contributed by atoms with Gasteiger partial charge < -0.3 is 13.8 Å². The van der Waals surface area contributed by atoms with Crippen LogP contribution in [0.2, 0.25) is 0 Å². The Kier molecular flexibility index (Phi) is 4.55. The second-order valence-electron chi connectivity index (χ2n) is 5.00. The molecule has 0 atom stereocenters. The second-order valence-corrected chi connectivity index (χ2v) is 5.00. The van der Waals surface area contributed by atoms with Gasteiger partial charge in [0.2, 0.25) is 5.89 Å². The van der Waals surface area contributed by atoms with Gasteiger partial charge in [-0.05, 0) is 25.0 Å². The summed E-state index contributed by atoms with van der Waals surface area (Å²) in [6.45, 7) is 6.94. The fourth-order valence-electron chi connectivity index (χ4n) is 1.84. The van der Waals surface area contributed by atoms with Crippen LogP contribution in [-0.2, 0) is 13.0 Å². The highest BCUT2D eigenvalue weighted by Crippen LogP contribution is 2.10. The van der Waals surface area contributed by atoms with Crippen molar-refractivity contribution in [3.63, 3.8) is 0 Å². The first-order chi connectivity index (χ1) is 9.60. The Labute approximate surface area is 117 Å². The Morgan fingerprint density at radius 3 is 2.85 bits per heavy atom. The summed E-state index contributed by atoms with van der Waals surface area (Å²) in [5.41, 5.74) is 0. The number of amides is 1. The number of carbonyl (C=O) groups is 1. The zero-order valence-corrected chi connectivity index (χ0v) is 12.0. The van der Waals surface area contributed by atoms with Crippen LogP contribution in [0.25, 0.3) is 0 Å². The zero-order chi connectivity index (χ0) is 14.5. The molecular weight excluding hydrogens is 258 g/mol. The Morgan fingerprint density at radius 2 is 2.25 bits per heavy atom. The van der Waals surface area contributed by atoms with Gasteiger partial charge in [-0.1, -0.05) is 19.0 Å². The van der Waals surface area contributed by atoms with E-state index in [1.807, 2.05) is 6.92 Å². The fraction of sp³-hybridized carbons (Fsp3) is 0.500. The van der Waals surface area contributed by atoms with Crippen LogP contribution in [0.15, 0.2) is 27.3 Å². The lowest BCUT2D eigenvalue weighted by Gasteiger charge is -2.17. The van der Waals surface area contributed by atoms with Gasteiger partial charge in [-0.3, -0.25) is 4.79 Å². The number of carbonyl (C=O) groups excluding carboxylic acids is 1. The third kappa shape index (κ3) is 3.46. The average Bonchev–Trinajstić information content (AvgIpc) is 3.05. The third-order valence-electron chi connectivity index (χ3n) is 2.83. The van der Waals surface area contributed by atoms with Crippen molar-refractivity contribution in [2.45, 2.75) is 33.7 Å². The van der Waals surface area contributed by atoms with Crippen LogP contribution in [0.1, 0.15) is 43.0 Å². The lowest BCUT2D eigenvalue weighted by atomic mass is 10.1. The van der Waals surface area contributed by atoms with Crippen LogP contribution < -0.4 is 0 Å². The number of nitrogens with zero attached hydrogens (tertiary/aromatic N) is 3. The maximum absolute atomic E-state index is 12.2. The van der Waals surface area contributed by atoms with Crippen molar-refractivity contribution in [1.29, 1.82) is 0 Å². The van der Waals surface area contributed by atoms with Crippen molar-refractivity contribution in [2.75, 3.05) is 6.54 Å². The summed E-state index contributed by atoms with van der Waals surface area (Å²) in [6.07, 6.45) is 2.22. The summed E-state index contributed by atoms with van der Waals surface area (Å²) in [5, 5.41) is 3.91. The SMILES string of the molecule is CCN(Cc1noc(CC(C)C)n1)C(=O)c1ccco1. The Hall–Kier alpha value is -2.11. The molecular formula is C14H19N3O3. The minimum absolute atomic E-state index is 0.173. The molecule has 1 amide bonds. The van der Waals surface area contributed by atoms with E-state index in [1.165, 1.54) is 6.26 Å². The molecule has 0 radical (unpaired) electrons. The molecule has 0 bridgehead atoms. The van der Waals surface area contributed by atoms with Crippen LogP contribution in [0.3, 0.4) is 0 Å². The number of hydrogen-bond donors (Lipinski definition) is 0. The van der Waals surface area contributed by atoms with Gasteiger partial charge in [-0.2, -0.15) is 4.98 Å². The zero-order valence-electron chi connectivity index (χ0n) is 12.0.